The van der Waals surface area contributed by atoms with Gasteiger partial charge in [0.05, 0.1) is 20.0 Å². The number of ether oxygens (including phenoxy) is 2. The Morgan fingerprint density at radius 3 is 2.35 bits per heavy atom. The van der Waals surface area contributed by atoms with E-state index in [1.165, 1.54) is 30.6 Å². The van der Waals surface area contributed by atoms with Crippen molar-refractivity contribution >= 4 is 29.5 Å². The molecule has 31 heavy (non-hydrogen) atoms. The second kappa shape index (κ2) is 10.6. The second-order valence-corrected chi connectivity index (χ2v) is 8.80. The summed E-state index contributed by atoms with van der Waals surface area (Å²) in [5, 5.41) is 9.72. The Hall–Kier alpha value is -2.59. The number of carbonyl (C=O) groups excluding carboxylic acids is 1. The molecule has 1 aromatic carbocycles. The average Bonchev–Trinajstić information content (AvgIpc) is 3.17. The summed E-state index contributed by atoms with van der Waals surface area (Å²) in [6, 6.07) is 9.58. The standard InChI is InChI=1S/C21H25N5O3S2/c1-6-17(19(27)29-5)31-21-25-24-18(12-30-20-22-13(2)11-14(3)23-20)26(21)15-7-9-16(28-4)10-8-15/h7-11,17H,6,12H2,1-5H3/t17-/m1/s1. The van der Waals surface area contributed by atoms with Crippen LogP contribution in [0.25, 0.3) is 5.69 Å². The topological polar surface area (TPSA) is 92.0 Å². The van der Waals surface area contributed by atoms with Crippen LogP contribution in [-0.4, -0.2) is 50.2 Å². The summed E-state index contributed by atoms with van der Waals surface area (Å²) in [5.74, 6) is 1.74. The Morgan fingerprint density at radius 2 is 1.77 bits per heavy atom. The van der Waals surface area contributed by atoms with E-state index in [2.05, 4.69) is 20.2 Å². The maximum Gasteiger partial charge on any atom is 0.319 e. The first-order valence-corrected chi connectivity index (χ1v) is 11.6. The summed E-state index contributed by atoms with van der Waals surface area (Å²) < 4.78 is 12.2. The van der Waals surface area contributed by atoms with Gasteiger partial charge in [-0.05, 0) is 50.6 Å². The van der Waals surface area contributed by atoms with Gasteiger partial charge in [-0.3, -0.25) is 9.36 Å². The van der Waals surface area contributed by atoms with Gasteiger partial charge in [0, 0.05) is 17.1 Å². The van der Waals surface area contributed by atoms with Crippen LogP contribution in [-0.2, 0) is 15.3 Å². The van der Waals surface area contributed by atoms with Gasteiger partial charge < -0.3 is 9.47 Å². The molecule has 1 atom stereocenters. The number of hydrogen-bond acceptors (Lipinski definition) is 9. The normalized spacial score (nSPS) is 11.9. The van der Waals surface area contributed by atoms with E-state index >= 15 is 0 Å². The highest BCUT2D eigenvalue weighted by Crippen LogP contribution is 2.30. The molecule has 0 spiro atoms. The lowest BCUT2D eigenvalue weighted by molar-refractivity contribution is -0.140. The second-order valence-electron chi connectivity index (χ2n) is 6.69. The van der Waals surface area contributed by atoms with Gasteiger partial charge in [0.25, 0.3) is 0 Å². The van der Waals surface area contributed by atoms with Crippen LogP contribution in [0, 0.1) is 13.8 Å². The molecular formula is C21H25N5O3S2. The summed E-state index contributed by atoms with van der Waals surface area (Å²) in [6.07, 6.45) is 0.618. The molecule has 0 aliphatic carbocycles. The zero-order chi connectivity index (χ0) is 22.4. The van der Waals surface area contributed by atoms with E-state index in [9.17, 15) is 4.79 Å². The van der Waals surface area contributed by atoms with E-state index in [4.69, 9.17) is 9.47 Å². The molecule has 2 aromatic heterocycles. The fraction of sp³-hybridized carbons (Fsp3) is 0.381. The third-order valence-electron chi connectivity index (χ3n) is 4.41. The van der Waals surface area contributed by atoms with Gasteiger partial charge in [-0.15, -0.1) is 10.2 Å². The smallest absolute Gasteiger partial charge is 0.319 e. The number of thioether (sulfide) groups is 2. The van der Waals surface area contributed by atoms with Gasteiger partial charge in [-0.25, -0.2) is 9.97 Å². The molecule has 3 rings (SSSR count). The fourth-order valence-corrected chi connectivity index (χ4v) is 4.78. The SMILES string of the molecule is CC[C@@H](Sc1nnc(CSc2nc(C)cc(C)n2)n1-c1ccc(OC)cc1)C(=O)OC. The van der Waals surface area contributed by atoms with Crippen LogP contribution in [0.5, 0.6) is 5.75 Å². The van der Waals surface area contributed by atoms with Crippen LogP contribution in [0.1, 0.15) is 30.6 Å². The number of aromatic nitrogens is 5. The minimum absolute atomic E-state index is 0.281. The van der Waals surface area contributed by atoms with Gasteiger partial charge in [0.1, 0.15) is 16.8 Å². The van der Waals surface area contributed by atoms with E-state index in [0.29, 0.717) is 22.5 Å². The van der Waals surface area contributed by atoms with Crippen molar-refractivity contribution in [2.24, 2.45) is 0 Å². The minimum atomic E-state index is -0.366. The van der Waals surface area contributed by atoms with Crippen LogP contribution in [0.4, 0.5) is 0 Å². The summed E-state index contributed by atoms with van der Waals surface area (Å²) in [5.41, 5.74) is 2.73. The molecule has 0 bridgehead atoms. The predicted octanol–water partition coefficient (Wildman–Crippen LogP) is 4.02. The molecular weight excluding hydrogens is 434 g/mol. The van der Waals surface area contributed by atoms with Crippen molar-refractivity contribution in [1.29, 1.82) is 0 Å². The summed E-state index contributed by atoms with van der Waals surface area (Å²) in [7, 11) is 3.02. The van der Waals surface area contributed by atoms with Crippen molar-refractivity contribution in [3.05, 3.63) is 47.5 Å². The van der Waals surface area contributed by atoms with Gasteiger partial charge in [0.2, 0.25) is 0 Å². The van der Waals surface area contributed by atoms with Crippen LogP contribution in [0.3, 0.4) is 0 Å². The molecule has 0 saturated heterocycles. The zero-order valence-corrected chi connectivity index (χ0v) is 19.8. The predicted molar refractivity (Wildman–Crippen MR) is 121 cm³/mol. The maximum absolute atomic E-state index is 12.1. The molecule has 164 valence electrons. The van der Waals surface area contributed by atoms with Gasteiger partial charge in [-0.2, -0.15) is 0 Å². The highest BCUT2D eigenvalue weighted by Gasteiger charge is 2.24. The number of aryl methyl sites for hydroxylation is 2. The van der Waals surface area contributed by atoms with Gasteiger partial charge >= 0.3 is 5.97 Å². The number of esters is 1. The maximum atomic E-state index is 12.1. The number of hydrogen-bond donors (Lipinski definition) is 0. The van der Waals surface area contributed by atoms with Gasteiger partial charge in [-0.1, -0.05) is 30.4 Å². The highest BCUT2D eigenvalue weighted by molar-refractivity contribution is 8.00. The number of methoxy groups -OCH3 is 2. The summed E-state index contributed by atoms with van der Waals surface area (Å²) in [4.78, 5) is 21.1. The highest BCUT2D eigenvalue weighted by atomic mass is 32.2. The first-order chi connectivity index (χ1) is 14.9. The lowest BCUT2D eigenvalue weighted by atomic mass is 10.3. The third-order valence-corrected chi connectivity index (χ3v) is 6.53. The van der Waals surface area contributed by atoms with E-state index in [0.717, 1.165) is 28.6 Å². The van der Waals surface area contributed by atoms with E-state index in [-0.39, 0.29) is 11.2 Å². The van der Waals surface area contributed by atoms with E-state index in [1.54, 1.807) is 7.11 Å². The Labute approximate surface area is 190 Å². The zero-order valence-electron chi connectivity index (χ0n) is 18.2. The fourth-order valence-electron chi connectivity index (χ4n) is 2.90. The third kappa shape index (κ3) is 5.76. The number of carbonyl (C=O) groups is 1. The molecule has 3 aromatic rings. The molecule has 0 aliphatic heterocycles. The molecule has 0 fully saturated rings. The molecule has 0 amide bonds. The first-order valence-electron chi connectivity index (χ1n) is 9.73. The van der Waals surface area contributed by atoms with Crippen molar-refractivity contribution in [3.8, 4) is 11.4 Å². The van der Waals surface area contributed by atoms with Crippen molar-refractivity contribution in [2.75, 3.05) is 14.2 Å². The Bertz CT molecular complexity index is 1020. The monoisotopic (exact) mass is 459 g/mol. The molecule has 8 nitrogen and oxygen atoms in total. The van der Waals surface area contributed by atoms with Crippen LogP contribution >= 0.6 is 23.5 Å². The average molecular weight is 460 g/mol. The van der Waals surface area contributed by atoms with E-state index < -0.39 is 0 Å². The van der Waals surface area contributed by atoms with Gasteiger partial charge in [0.15, 0.2) is 10.3 Å². The van der Waals surface area contributed by atoms with Crippen LogP contribution < -0.4 is 4.74 Å². The molecule has 10 heteroatoms. The summed E-state index contributed by atoms with van der Waals surface area (Å²) in [6.45, 7) is 5.84. The van der Waals surface area contributed by atoms with Crippen LogP contribution in [0.2, 0.25) is 0 Å². The van der Waals surface area contributed by atoms with Crippen LogP contribution in [0.15, 0.2) is 40.6 Å². The van der Waals surface area contributed by atoms with Crippen molar-refractivity contribution in [1.82, 2.24) is 24.7 Å². The summed E-state index contributed by atoms with van der Waals surface area (Å²) >= 11 is 2.84. The Morgan fingerprint density at radius 1 is 1.10 bits per heavy atom. The molecule has 0 N–H and O–H groups in total. The number of rotatable bonds is 9. The van der Waals surface area contributed by atoms with Crippen molar-refractivity contribution < 1.29 is 14.3 Å². The Balaban J connectivity index is 1.93. The lowest BCUT2D eigenvalue weighted by Gasteiger charge is -2.14. The first kappa shape index (κ1) is 23.1. The minimum Gasteiger partial charge on any atom is -0.497 e. The molecule has 0 aliphatic rings. The molecule has 0 unspecified atom stereocenters. The lowest BCUT2D eigenvalue weighted by Crippen LogP contribution is -2.18. The largest absolute Gasteiger partial charge is 0.497 e. The Kier molecular flexibility index (Phi) is 7.91. The van der Waals surface area contributed by atoms with E-state index in [1.807, 2.05) is 55.7 Å². The molecule has 2 heterocycles. The quantitative estimate of drug-likeness (QED) is 0.267. The van der Waals surface area contributed by atoms with Crippen molar-refractivity contribution in [3.63, 3.8) is 0 Å². The van der Waals surface area contributed by atoms with Crippen molar-refractivity contribution in [2.45, 2.75) is 48.5 Å². The number of nitrogens with zero attached hydrogens (tertiary/aromatic N) is 5. The molecule has 0 saturated carbocycles. The number of benzene rings is 1. The molecule has 0 radical (unpaired) electrons.